The Labute approximate surface area is 222 Å². The highest BCUT2D eigenvalue weighted by molar-refractivity contribution is 5.88. The molecule has 1 heterocycles. The Hall–Kier alpha value is -3.17. The standard InChI is InChI=1S/C30H35N3O5/c1-18-6-3-4-9-23(18)24-11-10-21(15-22(24)17-37-2)28-32-27(33-38-28)20-8-5-7-19(14-20)26(34)25(31)16-30(12-13-30)29(35)36/h5-11,14,22,26,29,31,34-36H,3-4,12-13,15-17H2,1-2H3. The van der Waals surface area contributed by atoms with Crippen molar-refractivity contribution < 1.29 is 24.6 Å². The van der Waals surface area contributed by atoms with E-state index in [0.717, 1.165) is 24.8 Å². The van der Waals surface area contributed by atoms with Gasteiger partial charge in [0.05, 0.1) is 6.61 Å². The van der Waals surface area contributed by atoms with Crippen molar-refractivity contribution >= 4 is 11.3 Å². The fourth-order valence-corrected chi connectivity index (χ4v) is 5.42. The number of allylic oxidation sites excluding steroid dienone is 7. The Morgan fingerprint density at radius 3 is 2.68 bits per heavy atom. The highest BCUT2D eigenvalue weighted by Crippen LogP contribution is 2.52. The lowest BCUT2D eigenvalue weighted by molar-refractivity contribution is -0.0933. The summed E-state index contributed by atoms with van der Waals surface area (Å²) in [6.45, 7) is 2.75. The summed E-state index contributed by atoms with van der Waals surface area (Å²) in [5, 5.41) is 42.5. The summed E-state index contributed by atoms with van der Waals surface area (Å²) >= 11 is 0. The summed E-state index contributed by atoms with van der Waals surface area (Å²) in [4.78, 5) is 4.65. The van der Waals surface area contributed by atoms with E-state index in [1.807, 2.05) is 12.1 Å². The van der Waals surface area contributed by atoms with Gasteiger partial charge in [-0.1, -0.05) is 47.7 Å². The second-order valence-corrected chi connectivity index (χ2v) is 10.6. The molecule has 8 heteroatoms. The molecule has 3 aliphatic carbocycles. The molecule has 1 aromatic carbocycles. The van der Waals surface area contributed by atoms with Crippen LogP contribution in [0.1, 0.15) is 63.0 Å². The number of aromatic nitrogens is 2. The molecular formula is C30H35N3O5. The molecule has 0 amide bonds. The molecular weight excluding hydrogens is 482 g/mol. The fourth-order valence-electron chi connectivity index (χ4n) is 5.42. The number of methoxy groups -OCH3 is 1. The summed E-state index contributed by atoms with van der Waals surface area (Å²) in [6.07, 6.45) is 10.4. The van der Waals surface area contributed by atoms with Gasteiger partial charge in [-0.2, -0.15) is 4.98 Å². The maximum absolute atomic E-state index is 10.8. The number of hydrogen-bond acceptors (Lipinski definition) is 8. The van der Waals surface area contributed by atoms with E-state index in [9.17, 15) is 15.3 Å². The molecule has 0 aliphatic heterocycles. The zero-order valence-corrected chi connectivity index (χ0v) is 21.9. The van der Waals surface area contributed by atoms with Crippen LogP contribution in [-0.2, 0) is 4.74 Å². The van der Waals surface area contributed by atoms with Gasteiger partial charge in [0.25, 0.3) is 5.89 Å². The first-order valence-electron chi connectivity index (χ1n) is 13.1. The zero-order valence-electron chi connectivity index (χ0n) is 21.9. The zero-order chi connectivity index (χ0) is 26.9. The monoisotopic (exact) mass is 517 g/mol. The van der Waals surface area contributed by atoms with Crippen molar-refractivity contribution in [3.63, 3.8) is 0 Å². The van der Waals surface area contributed by atoms with Crippen molar-refractivity contribution in [2.75, 3.05) is 13.7 Å². The summed E-state index contributed by atoms with van der Waals surface area (Å²) < 4.78 is 11.2. The SMILES string of the molecule is COCC1CC(c2nc(-c3cccc(C(O)C(=N)CC4(C(O)O)CC4)c3)no2)=CC=C1C1=CCCC=C1C. The van der Waals surface area contributed by atoms with Gasteiger partial charge < -0.3 is 30.0 Å². The first-order valence-corrected chi connectivity index (χ1v) is 13.1. The van der Waals surface area contributed by atoms with Crippen LogP contribution in [0.2, 0.25) is 0 Å². The molecule has 0 saturated heterocycles. The van der Waals surface area contributed by atoms with Crippen LogP contribution in [0.25, 0.3) is 17.0 Å². The fraction of sp³-hybridized carbons (Fsp3) is 0.433. The Kier molecular flexibility index (Phi) is 7.59. The topological polar surface area (TPSA) is 133 Å². The van der Waals surface area contributed by atoms with Gasteiger partial charge in [-0.3, -0.25) is 0 Å². The van der Waals surface area contributed by atoms with E-state index in [-0.39, 0.29) is 18.1 Å². The van der Waals surface area contributed by atoms with Crippen LogP contribution in [0.15, 0.2) is 69.8 Å². The van der Waals surface area contributed by atoms with Crippen LogP contribution in [-0.4, -0.2) is 51.2 Å². The first kappa shape index (κ1) is 26.4. The molecule has 2 atom stereocenters. The van der Waals surface area contributed by atoms with Crippen LogP contribution < -0.4 is 0 Å². The highest BCUT2D eigenvalue weighted by Gasteiger charge is 2.49. The van der Waals surface area contributed by atoms with E-state index in [4.69, 9.17) is 14.7 Å². The molecule has 38 heavy (non-hydrogen) atoms. The van der Waals surface area contributed by atoms with Crippen molar-refractivity contribution in [3.8, 4) is 11.4 Å². The Bertz CT molecular complexity index is 1330. The van der Waals surface area contributed by atoms with Crippen LogP contribution in [0.4, 0.5) is 0 Å². The minimum absolute atomic E-state index is 0.0545. The molecule has 200 valence electrons. The van der Waals surface area contributed by atoms with Gasteiger partial charge in [0.15, 0.2) is 6.29 Å². The third kappa shape index (κ3) is 5.35. The second kappa shape index (κ2) is 10.9. The second-order valence-electron chi connectivity index (χ2n) is 10.6. The van der Waals surface area contributed by atoms with Crippen molar-refractivity contribution in [2.45, 2.75) is 57.8 Å². The van der Waals surface area contributed by atoms with Gasteiger partial charge in [-0.15, -0.1) is 0 Å². The number of aliphatic hydroxyl groups excluding tert-OH is 2. The van der Waals surface area contributed by atoms with Crippen molar-refractivity contribution in [1.82, 2.24) is 10.1 Å². The molecule has 0 bridgehead atoms. The van der Waals surface area contributed by atoms with Crippen LogP contribution in [0.5, 0.6) is 0 Å². The van der Waals surface area contributed by atoms with E-state index in [2.05, 4.69) is 35.3 Å². The van der Waals surface area contributed by atoms with E-state index >= 15 is 0 Å². The number of hydrogen-bond donors (Lipinski definition) is 4. The number of rotatable bonds is 10. The van der Waals surface area contributed by atoms with Gasteiger partial charge in [0.2, 0.25) is 5.82 Å². The predicted molar refractivity (Wildman–Crippen MR) is 144 cm³/mol. The highest BCUT2D eigenvalue weighted by atomic mass is 16.5. The molecule has 3 aliphatic rings. The Balaban J connectivity index is 1.35. The largest absolute Gasteiger partial charge is 0.384 e. The smallest absolute Gasteiger partial charge is 0.254 e. The van der Waals surface area contributed by atoms with Gasteiger partial charge in [-0.05, 0) is 73.8 Å². The van der Waals surface area contributed by atoms with Gasteiger partial charge in [0, 0.05) is 35.3 Å². The number of nitrogens with zero attached hydrogens (tertiary/aromatic N) is 2. The van der Waals surface area contributed by atoms with Crippen molar-refractivity contribution in [2.24, 2.45) is 11.3 Å². The quantitative estimate of drug-likeness (QED) is 0.260. The number of nitrogens with one attached hydrogen (secondary N) is 1. The minimum Gasteiger partial charge on any atom is -0.384 e. The van der Waals surface area contributed by atoms with E-state index < -0.39 is 17.8 Å². The molecule has 1 fully saturated rings. The molecule has 8 nitrogen and oxygen atoms in total. The average molecular weight is 518 g/mol. The minimum atomic E-state index is -1.48. The van der Waals surface area contributed by atoms with Gasteiger partial charge in [-0.25, -0.2) is 0 Å². The lowest BCUT2D eigenvalue weighted by Gasteiger charge is -2.27. The summed E-state index contributed by atoms with van der Waals surface area (Å²) in [7, 11) is 1.72. The van der Waals surface area contributed by atoms with E-state index in [0.29, 0.717) is 42.3 Å². The Morgan fingerprint density at radius 2 is 1.97 bits per heavy atom. The number of aliphatic hydroxyl groups is 3. The maximum Gasteiger partial charge on any atom is 0.254 e. The normalized spacial score (nSPS) is 21.4. The van der Waals surface area contributed by atoms with E-state index in [1.54, 1.807) is 25.3 Å². The molecule has 1 aromatic heterocycles. The molecule has 4 N–H and O–H groups in total. The average Bonchev–Trinajstić information content (AvgIpc) is 3.54. The Morgan fingerprint density at radius 1 is 1.18 bits per heavy atom. The maximum atomic E-state index is 10.8. The van der Waals surface area contributed by atoms with Crippen molar-refractivity contribution in [3.05, 3.63) is 76.7 Å². The van der Waals surface area contributed by atoms with Crippen molar-refractivity contribution in [1.29, 1.82) is 5.41 Å². The lowest BCUT2D eigenvalue weighted by Crippen LogP contribution is -2.26. The molecule has 2 unspecified atom stereocenters. The number of benzene rings is 1. The summed E-state index contributed by atoms with van der Waals surface area (Å²) in [6, 6.07) is 7.09. The van der Waals surface area contributed by atoms with Gasteiger partial charge >= 0.3 is 0 Å². The van der Waals surface area contributed by atoms with Crippen LogP contribution in [0, 0.1) is 16.7 Å². The molecule has 2 aromatic rings. The molecule has 1 saturated carbocycles. The van der Waals surface area contributed by atoms with Gasteiger partial charge in [0.1, 0.15) is 6.10 Å². The predicted octanol–water partition coefficient (Wildman–Crippen LogP) is 4.91. The van der Waals surface area contributed by atoms with Crippen LogP contribution in [0.3, 0.4) is 0 Å². The molecule has 5 rings (SSSR count). The third-order valence-corrected chi connectivity index (χ3v) is 7.91. The summed E-state index contributed by atoms with van der Waals surface area (Å²) in [5.74, 6) is 1.03. The third-order valence-electron chi connectivity index (χ3n) is 7.91. The molecule has 0 radical (unpaired) electrons. The van der Waals surface area contributed by atoms with E-state index in [1.165, 1.54) is 16.7 Å². The lowest BCUT2D eigenvalue weighted by atomic mass is 9.79. The summed E-state index contributed by atoms with van der Waals surface area (Å²) in [5.41, 5.74) is 5.36. The first-order chi connectivity index (χ1) is 18.3. The molecule has 0 spiro atoms. The van der Waals surface area contributed by atoms with Crippen LogP contribution >= 0.6 is 0 Å². The number of ether oxygens (including phenoxy) is 1.